The van der Waals surface area contributed by atoms with Gasteiger partial charge in [0.1, 0.15) is 0 Å². The van der Waals surface area contributed by atoms with E-state index in [1.165, 1.54) is 0 Å². The molecule has 2 aliphatic carbocycles. The second-order valence-electron chi connectivity index (χ2n) is 5.49. The molecule has 2 unspecified atom stereocenters. The number of hydrogen-bond acceptors (Lipinski definition) is 2. The Hall–Kier alpha value is -1.32. The molecule has 0 heterocycles. The van der Waals surface area contributed by atoms with Gasteiger partial charge in [-0.15, -0.1) is 0 Å². The molecule has 2 aliphatic rings. The summed E-state index contributed by atoms with van der Waals surface area (Å²) in [4.78, 5) is 24.9. The molecule has 0 bridgehead atoms. The van der Waals surface area contributed by atoms with Crippen LogP contribution in [-0.2, 0) is 9.59 Å². The summed E-state index contributed by atoms with van der Waals surface area (Å²) in [5, 5.41) is 8.95. The third-order valence-corrected chi connectivity index (χ3v) is 3.75. The quantitative estimate of drug-likeness (QED) is 0.735. The lowest BCUT2D eigenvalue weighted by molar-refractivity contribution is -0.143. The normalized spacial score (nSPS) is 23.9. The average Bonchev–Trinajstić information content (AvgIpc) is 3.03. The molecule has 0 spiro atoms. The molecule has 0 aliphatic heterocycles. The van der Waals surface area contributed by atoms with Crippen molar-refractivity contribution in [1.29, 1.82) is 0 Å². The zero-order valence-electron chi connectivity index (χ0n) is 10.8. The highest BCUT2D eigenvalue weighted by molar-refractivity contribution is 5.78. The molecule has 2 rings (SSSR count). The molecule has 0 saturated heterocycles. The predicted octanol–water partition coefficient (Wildman–Crippen LogP) is 2.05. The van der Waals surface area contributed by atoms with E-state index in [9.17, 15) is 9.59 Å². The Morgan fingerprint density at radius 3 is 2.61 bits per heavy atom. The minimum atomic E-state index is -0.825. The summed E-state index contributed by atoms with van der Waals surface area (Å²) in [6.07, 6.45) is 8.95. The molecule has 0 aromatic rings. The Morgan fingerprint density at radius 2 is 2.11 bits per heavy atom. The number of carboxylic acids is 1. The summed E-state index contributed by atoms with van der Waals surface area (Å²) in [6.45, 7) is 2.02. The Balaban J connectivity index is 1.90. The Morgan fingerprint density at radius 1 is 1.39 bits per heavy atom. The fourth-order valence-electron chi connectivity index (χ4n) is 2.42. The molecule has 18 heavy (non-hydrogen) atoms. The minimum absolute atomic E-state index is 0.127. The molecule has 100 valence electrons. The number of allylic oxidation sites excluding steroid dienone is 2. The first-order valence-corrected chi connectivity index (χ1v) is 6.77. The van der Waals surface area contributed by atoms with Crippen LogP contribution >= 0.6 is 0 Å². The smallest absolute Gasteiger partial charge is 0.308 e. The number of hydrogen-bond donors (Lipinski definition) is 1. The van der Waals surface area contributed by atoms with Crippen molar-refractivity contribution in [2.24, 2.45) is 11.8 Å². The van der Waals surface area contributed by atoms with Crippen LogP contribution in [0.4, 0.5) is 0 Å². The average molecular weight is 251 g/mol. The minimum Gasteiger partial charge on any atom is -0.481 e. The highest BCUT2D eigenvalue weighted by Crippen LogP contribution is 2.30. The molecule has 1 amide bonds. The number of carboxylic acid groups (broad SMARTS) is 1. The standard InChI is InChI=1S/C14H21NO3/c1-10(14(17)18)9-15(12-6-7-12)13(16)8-11-4-2-3-5-11/h2,4,10-12H,3,5-9H2,1H3,(H,17,18). The lowest BCUT2D eigenvalue weighted by Crippen LogP contribution is -2.39. The van der Waals surface area contributed by atoms with Crippen molar-refractivity contribution in [3.8, 4) is 0 Å². The van der Waals surface area contributed by atoms with Gasteiger partial charge >= 0.3 is 5.97 Å². The van der Waals surface area contributed by atoms with E-state index in [4.69, 9.17) is 5.11 Å². The van der Waals surface area contributed by atoms with Crippen molar-refractivity contribution in [2.45, 2.75) is 45.1 Å². The maximum absolute atomic E-state index is 12.2. The molecule has 0 radical (unpaired) electrons. The van der Waals surface area contributed by atoms with Gasteiger partial charge in [0.2, 0.25) is 5.91 Å². The largest absolute Gasteiger partial charge is 0.481 e. The van der Waals surface area contributed by atoms with E-state index >= 15 is 0 Å². The van der Waals surface area contributed by atoms with Crippen LogP contribution in [-0.4, -0.2) is 34.5 Å². The molecule has 1 fully saturated rings. The number of amides is 1. The summed E-state index contributed by atoms with van der Waals surface area (Å²) in [7, 11) is 0. The first-order chi connectivity index (χ1) is 8.58. The zero-order valence-corrected chi connectivity index (χ0v) is 10.8. The number of carbonyl (C=O) groups is 2. The first kappa shape index (κ1) is 13.1. The van der Waals surface area contributed by atoms with Gasteiger partial charge in [0.05, 0.1) is 5.92 Å². The van der Waals surface area contributed by atoms with E-state index in [1.807, 2.05) is 0 Å². The van der Waals surface area contributed by atoms with Gasteiger partial charge in [0.25, 0.3) is 0 Å². The fourth-order valence-corrected chi connectivity index (χ4v) is 2.42. The Bertz CT molecular complexity index is 360. The number of rotatable bonds is 6. The maximum atomic E-state index is 12.2. The van der Waals surface area contributed by atoms with Crippen molar-refractivity contribution in [3.63, 3.8) is 0 Å². The molecule has 1 N–H and O–H groups in total. The molecule has 4 heteroatoms. The van der Waals surface area contributed by atoms with E-state index in [2.05, 4.69) is 12.2 Å². The summed E-state index contributed by atoms with van der Waals surface area (Å²) < 4.78 is 0. The first-order valence-electron chi connectivity index (χ1n) is 6.77. The number of aliphatic carboxylic acids is 1. The van der Waals surface area contributed by atoms with Crippen LogP contribution < -0.4 is 0 Å². The van der Waals surface area contributed by atoms with Crippen molar-refractivity contribution in [2.75, 3.05) is 6.54 Å². The van der Waals surface area contributed by atoms with Crippen molar-refractivity contribution in [1.82, 2.24) is 4.90 Å². The van der Waals surface area contributed by atoms with Crippen molar-refractivity contribution in [3.05, 3.63) is 12.2 Å². The van der Waals surface area contributed by atoms with Crippen LogP contribution in [0.3, 0.4) is 0 Å². The molecule has 2 atom stereocenters. The van der Waals surface area contributed by atoms with Crippen LogP contribution in [0.2, 0.25) is 0 Å². The Kier molecular flexibility index (Phi) is 4.04. The summed E-state index contributed by atoms with van der Waals surface area (Å²) >= 11 is 0. The van der Waals surface area contributed by atoms with Gasteiger partial charge in [-0.3, -0.25) is 9.59 Å². The van der Waals surface area contributed by atoms with Gasteiger partial charge in [-0.05, 0) is 31.6 Å². The van der Waals surface area contributed by atoms with Crippen molar-refractivity contribution < 1.29 is 14.7 Å². The number of nitrogens with zero attached hydrogens (tertiary/aromatic N) is 1. The highest BCUT2D eigenvalue weighted by atomic mass is 16.4. The molecular weight excluding hydrogens is 230 g/mol. The van der Waals surface area contributed by atoms with Crippen LogP contribution in [0.25, 0.3) is 0 Å². The molecular formula is C14H21NO3. The monoisotopic (exact) mass is 251 g/mol. The van der Waals surface area contributed by atoms with E-state index in [0.29, 0.717) is 24.9 Å². The van der Waals surface area contributed by atoms with E-state index in [0.717, 1.165) is 25.7 Å². The fraction of sp³-hybridized carbons (Fsp3) is 0.714. The summed E-state index contributed by atoms with van der Waals surface area (Å²) in [5.74, 6) is -0.816. The predicted molar refractivity (Wildman–Crippen MR) is 68.0 cm³/mol. The van der Waals surface area contributed by atoms with Gasteiger partial charge in [0.15, 0.2) is 0 Å². The van der Waals surface area contributed by atoms with Gasteiger partial charge in [0, 0.05) is 19.0 Å². The second kappa shape index (κ2) is 5.55. The van der Waals surface area contributed by atoms with Crippen molar-refractivity contribution >= 4 is 11.9 Å². The second-order valence-corrected chi connectivity index (χ2v) is 5.49. The van der Waals surface area contributed by atoms with Crippen LogP contribution in [0, 0.1) is 11.8 Å². The highest BCUT2D eigenvalue weighted by Gasteiger charge is 2.34. The lowest BCUT2D eigenvalue weighted by Gasteiger charge is -2.25. The molecule has 0 aromatic carbocycles. The van der Waals surface area contributed by atoms with Gasteiger partial charge in [-0.25, -0.2) is 0 Å². The lowest BCUT2D eigenvalue weighted by atomic mass is 10.0. The summed E-state index contributed by atoms with van der Waals surface area (Å²) in [5.41, 5.74) is 0. The van der Waals surface area contributed by atoms with E-state index in [1.54, 1.807) is 11.8 Å². The molecule has 1 saturated carbocycles. The molecule has 0 aromatic heterocycles. The van der Waals surface area contributed by atoms with Gasteiger partial charge in [-0.2, -0.15) is 0 Å². The third kappa shape index (κ3) is 3.34. The topological polar surface area (TPSA) is 57.6 Å². The van der Waals surface area contributed by atoms with Gasteiger partial charge in [-0.1, -0.05) is 19.1 Å². The maximum Gasteiger partial charge on any atom is 0.308 e. The Labute approximate surface area is 108 Å². The van der Waals surface area contributed by atoms with Crippen LogP contribution in [0.5, 0.6) is 0 Å². The zero-order chi connectivity index (χ0) is 13.1. The number of carbonyl (C=O) groups excluding carboxylic acids is 1. The van der Waals surface area contributed by atoms with E-state index in [-0.39, 0.29) is 5.91 Å². The van der Waals surface area contributed by atoms with E-state index < -0.39 is 11.9 Å². The third-order valence-electron chi connectivity index (χ3n) is 3.75. The SMILES string of the molecule is CC(CN(C(=O)CC1C=CCC1)C1CC1)C(=O)O. The van der Waals surface area contributed by atoms with Crippen LogP contribution in [0.1, 0.15) is 39.0 Å². The summed E-state index contributed by atoms with van der Waals surface area (Å²) in [6, 6.07) is 0.296. The van der Waals surface area contributed by atoms with Gasteiger partial charge < -0.3 is 10.0 Å². The van der Waals surface area contributed by atoms with Crippen LogP contribution in [0.15, 0.2) is 12.2 Å². The molecule has 4 nitrogen and oxygen atoms in total.